The Hall–Kier alpha value is -3.38. The Balaban J connectivity index is 1.75. The molecular weight excluding hydrogens is 374 g/mol. The minimum absolute atomic E-state index is 0.516. The summed E-state index contributed by atoms with van der Waals surface area (Å²) in [5.74, 6) is 1.19. The maximum absolute atomic E-state index is 6.25. The van der Waals surface area contributed by atoms with Crippen LogP contribution in [0.25, 0.3) is 22.5 Å². The minimum Gasteiger partial charge on any atom is -0.497 e. The van der Waals surface area contributed by atoms with E-state index >= 15 is 0 Å². The molecule has 0 saturated carbocycles. The Morgan fingerprint density at radius 3 is 2.68 bits per heavy atom. The molecule has 0 fully saturated rings. The summed E-state index contributed by atoms with van der Waals surface area (Å²) in [5, 5.41) is 8.41. The molecule has 28 heavy (non-hydrogen) atoms. The van der Waals surface area contributed by atoms with Crippen molar-refractivity contribution in [1.29, 1.82) is 0 Å². The Morgan fingerprint density at radius 2 is 1.89 bits per heavy atom. The molecular formula is C21H18ClN5O. The fourth-order valence-electron chi connectivity index (χ4n) is 2.93. The van der Waals surface area contributed by atoms with Crippen LogP contribution in [0.2, 0.25) is 5.02 Å². The maximum atomic E-state index is 6.25. The highest BCUT2D eigenvalue weighted by atomic mass is 35.5. The monoisotopic (exact) mass is 391 g/mol. The molecule has 0 atom stereocenters. The molecule has 2 aromatic heterocycles. The first-order valence-electron chi connectivity index (χ1n) is 8.66. The lowest BCUT2D eigenvalue weighted by atomic mass is 10.1. The molecule has 0 amide bonds. The summed E-state index contributed by atoms with van der Waals surface area (Å²) >= 11 is 6.25. The zero-order valence-corrected chi connectivity index (χ0v) is 16.2. The van der Waals surface area contributed by atoms with Gasteiger partial charge in [0.25, 0.3) is 0 Å². The zero-order chi connectivity index (χ0) is 19.5. The van der Waals surface area contributed by atoms with E-state index in [9.17, 15) is 0 Å². The smallest absolute Gasteiger partial charge is 0.227 e. The number of ether oxygens (including phenoxy) is 1. The molecule has 2 aromatic carbocycles. The van der Waals surface area contributed by atoms with E-state index in [-0.39, 0.29) is 0 Å². The second kappa shape index (κ2) is 7.70. The van der Waals surface area contributed by atoms with Crippen LogP contribution in [0.5, 0.6) is 5.75 Å². The fourth-order valence-corrected chi connectivity index (χ4v) is 3.15. The lowest BCUT2D eigenvalue weighted by Crippen LogP contribution is -1.97. The van der Waals surface area contributed by atoms with E-state index < -0.39 is 0 Å². The quantitative estimate of drug-likeness (QED) is 0.521. The van der Waals surface area contributed by atoms with Gasteiger partial charge in [0.05, 0.1) is 12.8 Å². The molecule has 0 unspecified atom stereocenters. The fraction of sp³-hybridized carbons (Fsp3) is 0.0952. The van der Waals surface area contributed by atoms with Gasteiger partial charge in [0.15, 0.2) is 0 Å². The van der Waals surface area contributed by atoms with E-state index in [1.165, 1.54) is 0 Å². The summed E-state index contributed by atoms with van der Waals surface area (Å²) in [6, 6.07) is 17.2. The van der Waals surface area contributed by atoms with Crippen LogP contribution in [0, 0.1) is 0 Å². The van der Waals surface area contributed by atoms with Crippen molar-refractivity contribution in [2.45, 2.75) is 0 Å². The Bertz CT molecular complexity index is 1110. The second-order valence-electron chi connectivity index (χ2n) is 6.20. The number of rotatable bonds is 5. The van der Waals surface area contributed by atoms with Crippen LogP contribution < -0.4 is 10.1 Å². The van der Waals surface area contributed by atoms with Gasteiger partial charge in [-0.05, 0) is 36.4 Å². The number of hydrogen-bond donors (Lipinski definition) is 1. The van der Waals surface area contributed by atoms with Crippen LogP contribution in [-0.2, 0) is 7.05 Å². The summed E-state index contributed by atoms with van der Waals surface area (Å²) < 4.78 is 7.09. The predicted octanol–water partition coefficient (Wildman–Crippen LogP) is 4.95. The van der Waals surface area contributed by atoms with Gasteiger partial charge < -0.3 is 10.1 Å². The molecule has 7 heteroatoms. The SMILES string of the molecule is COc1cc(Cl)cc(-c2nn(C)cc2-c2ccnc(Nc3ccccc3)n2)c1. The molecule has 6 nitrogen and oxygen atoms in total. The molecule has 0 aliphatic heterocycles. The molecule has 4 aromatic rings. The van der Waals surface area contributed by atoms with Crippen LogP contribution in [0.1, 0.15) is 0 Å². The van der Waals surface area contributed by atoms with Gasteiger partial charge in [-0.15, -0.1) is 0 Å². The van der Waals surface area contributed by atoms with Gasteiger partial charge in [-0.2, -0.15) is 5.10 Å². The molecule has 0 saturated heterocycles. The van der Waals surface area contributed by atoms with Crippen molar-refractivity contribution in [3.63, 3.8) is 0 Å². The third-order valence-electron chi connectivity index (χ3n) is 4.17. The molecule has 2 heterocycles. The van der Waals surface area contributed by atoms with Crippen LogP contribution in [0.4, 0.5) is 11.6 Å². The summed E-state index contributed by atoms with van der Waals surface area (Å²) in [5.41, 5.74) is 4.19. The first-order chi connectivity index (χ1) is 13.6. The van der Waals surface area contributed by atoms with Crippen molar-refractivity contribution >= 4 is 23.2 Å². The van der Waals surface area contributed by atoms with Gasteiger partial charge in [-0.1, -0.05) is 29.8 Å². The maximum Gasteiger partial charge on any atom is 0.227 e. The van der Waals surface area contributed by atoms with Crippen LogP contribution in [0.3, 0.4) is 0 Å². The molecule has 1 N–H and O–H groups in total. The van der Waals surface area contributed by atoms with Gasteiger partial charge in [-0.25, -0.2) is 9.97 Å². The number of aromatic nitrogens is 4. The molecule has 0 bridgehead atoms. The molecule has 0 radical (unpaired) electrons. The molecule has 0 aliphatic rings. The zero-order valence-electron chi connectivity index (χ0n) is 15.4. The third-order valence-corrected chi connectivity index (χ3v) is 4.39. The van der Waals surface area contributed by atoms with E-state index in [1.807, 2.05) is 61.8 Å². The number of para-hydroxylation sites is 1. The number of halogens is 1. The van der Waals surface area contributed by atoms with Crippen molar-refractivity contribution in [2.24, 2.45) is 7.05 Å². The molecule has 4 rings (SSSR count). The summed E-state index contributed by atoms with van der Waals surface area (Å²) in [4.78, 5) is 8.98. The first kappa shape index (κ1) is 18.0. The topological polar surface area (TPSA) is 64.9 Å². The minimum atomic E-state index is 0.516. The van der Waals surface area contributed by atoms with Gasteiger partial charge in [-0.3, -0.25) is 4.68 Å². The van der Waals surface area contributed by atoms with Crippen molar-refractivity contribution in [1.82, 2.24) is 19.7 Å². The number of methoxy groups -OCH3 is 1. The number of aryl methyl sites for hydroxylation is 1. The summed E-state index contributed by atoms with van der Waals surface area (Å²) in [6.45, 7) is 0. The Kier molecular flexibility index (Phi) is 4.95. The van der Waals surface area contributed by atoms with Gasteiger partial charge in [0.1, 0.15) is 11.4 Å². The highest BCUT2D eigenvalue weighted by molar-refractivity contribution is 6.31. The van der Waals surface area contributed by atoms with Gasteiger partial charge in [0.2, 0.25) is 5.95 Å². The van der Waals surface area contributed by atoms with Crippen molar-refractivity contribution in [2.75, 3.05) is 12.4 Å². The molecule has 140 valence electrons. The number of benzene rings is 2. The normalized spacial score (nSPS) is 10.7. The lowest BCUT2D eigenvalue weighted by molar-refractivity contribution is 0.415. The number of anilines is 2. The lowest BCUT2D eigenvalue weighted by Gasteiger charge is -2.08. The number of nitrogens with one attached hydrogen (secondary N) is 1. The van der Waals surface area contributed by atoms with Crippen LogP contribution in [-0.4, -0.2) is 26.9 Å². The van der Waals surface area contributed by atoms with E-state index in [4.69, 9.17) is 16.3 Å². The average Bonchev–Trinajstić information content (AvgIpc) is 3.10. The number of nitrogens with zero attached hydrogens (tertiary/aromatic N) is 4. The molecule has 0 aliphatic carbocycles. The number of hydrogen-bond acceptors (Lipinski definition) is 5. The van der Waals surface area contributed by atoms with E-state index in [1.54, 1.807) is 24.1 Å². The van der Waals surface area contributed by atoms with Crippen molar-refractivity contribution in [3.8, 4) is 28.3 Å². The first-order valence-corrected chi connectivity index (χ1v) is 9.04. The van der Waals surface area contributed by atoms with Crippen molar-refractivity contribution in [3.05, 3.63) is 72.0 Å². The van der Waals surface area contributed by atoms with E-state index in [0.29, 0.717) is 16.7 Å². The van der Waals surface area contributed by atoms with Crippen LogP contribution in [0.15, 0.2) is 67.0 Å². The van der Waals surface area contributed by atoms with E-state index in [2.05, 4.69) is 20.4 Å². The average molecular weight is 392 g/mol. The van der Waals surface area contributed by atoms with Crippen molar-refractivity contribution < 1.29 is 4.74 Å². The summed E-state index contributed by atoms with van der Waals surface area (Å²) in [6.07, 6.45) is 3.65. The Morgan fingerprint density at radius 1 is 1.07 bits per heavy atom. The van der Waals surface area contributed by atoms with Crippen LogP contribution >= 0.6 is 11.6 Å². The predicted molar refractivity (Wildman–Crippen MR) is 111 cm³/mol. The summed E-state index contributed by atoms with van der Waals surface area (Å²) in [7, 11) is 3.49. The van der Waals surface area contributed by atoms with E-state index in [0.717, 1.165) is 28.2 Å². The highest BCUT2D eigenvalue weighted by Crippen LogP contribution is 2.34. The van der Waals surface area contributed by atoms with Gasteiger partial charge >= 0.3 is 0 Å². The highest BCUT2D eigenvalue weighted by Gasteiger charge is 2.15. The van der Waals surface area contributed by atoms with Gasteiger partial charge in [0, 0.05) is 41.3 Å². The third kappa shape index (κ3) is 3.82. The largest absolute Gasteiger partial charge is 0.497 e. The standard InChI is InChI=1S/C21H18ClN5O/c1-27-13-18(20(26-27)14-10-15(22)12-17(11-14)28-2)19-8-9-23-21(25-19)24-16-6-4-3-5-7-16/h3-13H,1-2H3,(H,23,24,25). The second-order valence-corrected chi connectivity index (χ2v) is 6.64. The Labute approximate surface area is 167 Å². The molecule has 0 spiro atoms.